The summed E-state index contributed by atoms with van der Waals surface area (Å²) in [7, 11) is 0. The van der Waals surface area contributed by atoms with Gasteiger partial charge in [0.25, 0.3) is 0 Å². The normalized spacial score (nSPS) is 25.4. The number of carbonyl (C=O) groups is 1. The number of ketones is 1. The van der Waals surface area contributed by atoms with Gasteiger partial charge in [0.15, 0.2) is 0 Å². The molecule has 1 heterocycles. The van der Waals surface area contributed by atoms with Crippen LogP contribution in [0.15, 0.2) is 12.1 Å². The lowest BCUT2D eigenvalue weighted by Crippen LogP contribution is -2.47. The number of phenols is 1. The molecule has 1 aromatic carbocycles. The highest BCUT2D eigenvalue weighted by Crippen LogP contribution is 2.53. The van der Waals surface area contributed by atoms with Crippen molar-refractivity contribution in [3.8, 4) is 11.5 Å². The summed E-state index contributed by atoms with van der Waals surface area (Å²) in [5, 5.41) is 10.6. The number of rotatable bonds is 4. The first-order chi connectivity index (χ1) is 10.9. The molecule has 3 nitrogen and oxygen atoms in total. The number of aromatic hydroxyl groups is 1. The van der Waals surface area contributed by atoms with Gasteiger partial charge in [-0.15, -0.1) is 0 Å². The molecule has 1 aromatic rings. The Labute approximate surface area is 139 Å². The van der Waals surface area contributed by atoms with Gasteiger partial charge in [-0.25, -0.2) is 0 Å². The summed E-state index contributed by atoms with van der Waals surface area (Å²) in [6, 6.07) is 3.97. The number of hydrogen-bond donors (Lipinski definition) is 1. The Morgan fingerprint density at radius 1 is 1.30 bits per heavy atom. The Bertz CT molecular complexity index is 603. The molecule has 23 heavy (non-hydrogen) atoms. The van der Waals surface area contributed by atoms with Crippen molar-refractivity contribution in [3.63, 3.8) is 0 Å². The van der Waals surface area contributed by atoms with Gasteiger partial charge in [0.2, 0.25) is 0 Å². The molecule has 0 aromatic heterocycles. The van der Waals surface area contributed by atoms with Gasteiger partial charge in [-0.1, -0.05) is 19.8 Å². The Morgan fingerprint density at radius 3 is 2.83 bits per heavy atom. The van der Waals surface area contributed by atoms with Crippen molar-refractivity contribution in [1.29, 1.82) is 0 Å². The van der Waals surface area contributed by atoms with E-state index >= 15 is 0 Å². The molecule has 2 aliphatic rings. The topological polar surface area (TPSA) is 46.5 Å². The quantitative estimate of drug-likeness (QED) is 0.815. The summed E-state index contributed by atoms with van der Waals surface area (Å²) in [5.41, 5.74) is 1.71. The number of hydrogen-bond acceptors (Lipinski definition) is 3. The first-order valence-corrected chi connectivity index (χ1v) is 8.99. The van der Waals surface area contributed by atoms with E-state index in [0.717, 1.165) is 36.1 Å². The van der Waals surface area contributed by atoms with E-state index in [2.05, 4.69) is 26.8 Å². The molecule has 1 unspecified atom stereocenters. The summed E-state index contributed by atoms with van der Waals surface area (Å²) in [5.74, 6) is 1.80. The molecule has 1 aliphatic heterocycles. The van der Waals surface area contributed by atoms with Crippen LogP contribution in [0.5, 0.6) is 11.5 Å². The third-order valence-electron chi connectivity index (χ3n) is 5.55. The van der Waals surface area contributed by atoms with Gasteiger partial charge in [0.05, 0.1) is 0 Å². The van der Waals surface area contributed by atoms with E-state index in [1.165, 1.54) is 12.8 Å². The van der Waals surface area contributed by atoms with E-state index in [1.54, 1.807) is 0 Å². The summed E-state index contributed by atoms with van der Waals surface area (Å²) in [6.45, 7) is 6.42. The zero-order valence-corrected chi connectivity index (χ0v) is 14.5. The fraction of sp³-hybridized carbons (Fsp3) is 0.650. The molecule has 1 saturated carbocycles. The predicted molar refractivity (Wildman–Crippen MR) is 91.1 cm³/mol. The van der Waals surface area contributed by atoms with Crippen molar-refractivity contribution < 1.29 is 14.6 Å². The van der Waals surface area contributed by atoms with Gasteiger partial charge in [0, 0.05) is 30.2 Å². The van der Waals surface area contributed by atoms with Crippen LogP contribution >= 0.6 is 0 Å². The number of phenolic OH excluding ortho intramolecular Hbond substituents is 1. The summed E-state index contributed by atoms with van der Waals surface area (Å²) >= 11 is 0. The molecule has 0 saturated heterocycles. The van der Waals surface area contributed by atoms with Gasteiger partial charge in [-0.2, -0.15) is 0 Å². The average molecular weight is 316 g/mol. The van der Waals surface area contributed by atoms with Crippen molar-refractivity contribution in [2.24, 2.45) is 5.92 Å². The largest absolute Gasteiger partial charge is 0.508 e. The maximum atomic E-state index is 12.0. The number of carbonyl (C=O) groups excluding carboxylic acids is 1. The predicted octanol–water partition coefficient (Wildman–Crippen LogP) is 4.75. The average Bonchev–Trinajstić information content (AvgIpc) is 2.46. The van der Waals surface area contributed by atoms with Gasteiger partial charge in [0.1, 0.15) is 22.9 Å². The summed E-state index contributed by atoms with van der Waals surface area (Å²) in [6.07, 6.45) is 6.50. The van der Waals surface area contributed by atoms with Crippen LogP contribution in [0.1, 0.15) is 76.3 Å². The summed E-state index contributed by atoms with van der Waals surface area (Å²) in [4.78, 5) is 12.0. The smallest absolute Gasteiger partial charge is 0.133 e. The molecular weight excluding hydrogens is 288 g/mol. The molecule has 1 aliphatic carbocycles. The zero-order chi connectivity index (χ0) is 16.6. The number of unbranched alkanes of at least 4 members (excludes halogenated alkanes) is 2. The molecule has 0 amide bonds. The second kappa shape index (κ2) is 6.18. The fourth-order valence-corrected chi connectivity index (χ4v) is 4.35. The minimum absolute atomic E-state index is 0.0969. The van der Waals surface area contributed by atoms with Crippen LogP contribution in [0, 0.1) is 5.92 Å². The van der Waals surface area contributed by atoms with Gasteiger partial charge >= 0.3 is 0 Å². The molecule has 126 valence electrons. The zero-order valence-electron chi connectivity index (χ0n) is 14.5. The Balaban J connectivity index is 1.96. The lowest BCUT2D eigenvalue weighted by Gasteiger charge is -2.47. The lowest BCUT2D eigenvalue weighted by atomic mass is 9.66. The Morgan fingerprint density at radius 2 is 2.09 bits per heavy atom. The van der Waals surface area contributed by atoms with Crippen molar-refractivity contribution in [1.82, 2.24) is 0 Å². The van der Waals surface area contributed by atoms with Crippen LogP contribution in [-0.2, 0) is 11.2 Å². The van der Waals surface area contributed by atoms with Crippen molar-refractivity contribution >= 4 is 5.78 Å². The third-order valence-corrected chi connectivity index (χ3v) is 5.55. The van der Waals surface area contributed by atoms with Crippen LogP contribution in [-0.4, -0.2) is 16.5 Å². The number of benzene rings is 1. The van der Waals surface area contributed by atoms with Gasteiger partial charge in [-0.3, -0.25) is 4.79 Å². The van der Waals surface area contributed by atoms with Crippen molar-refractivity contribution in [2.75, 3.05) is 0 Å². The van der Waals surface area contributed by atoms with Crippen LogP contribution in [0.3, 0.4) is 0 Å². The number of fused-ring (bicyclic) bond motifs is 3. The number of Topliss-reactive ketones (excluding diaryl/α,β-unsaturated/α-hetero) is 1. The standard InChI is InChI=1S/C20H28O3/c1-4-5-6-7-13-10-17(22)19-15-12-14(21)8-9-16(15)20(2,3)23-18(19)11-13/h10-11,15-16,22H,4-9,12H2,1-3H3/t15?,16-/m0/s1. The van der Waals surface area contributed by atoms with E-state index in [-0.39, 0.29) is 11.5 Å². The minimum Gasteiger partial charge on any atom is -0.508 e. The van der Waals surface area contributed by atoms with Crippen LogP contribution in [0.4, 0.5) is 0 Å². The van der Waals surface area contributed by atoms with E-state index in [0.29, 0.717) is 30.3 Å². The molecule has 1 N–H and O–H groups in total. The van der Waals surface area contributed by atoms with Crippen LogP contribution in [0.2, 0.25) is 0 Å². The second-order valence-corrected chi connectivity index (χ2v) is 7.68. The molecule has 1 fully saturated rings. The molecule has 0 spiro atoms. The van der Waals surface area contributed by atoms with Crippen molar-refractivity contribution in [3.05, 3.63) is 23.3 Å². The van der Waals surface area contributed by atoms with E-state index in [4.69, 9.17) is 4.74 Å². The van der Waals surface area contributed by atoms with Gasteiger partial charge in [-0.05, 0) is 50.8 Å². The molecular formula is C20H28O3. The molecule has 2 atom stereocenters. The number of aryl methyl sites for hydroxylation is 1. The first kappa shape index (κ1) is 16.4. The van der Waals surface area contributed by atoms with E-state index < -0.39 is 0 Å². The monoisotopic (exact) mass is 316 g/mol. The summed E-state index contributed by atoms with van der Waals surface area (Å²) < 4.78 is 6.28. The highest BCUT2D eigenvalue weighted by atomic mass is 16.5. The highest BCUT2D eigenvalue weighted by molar-refractivity contribution is 5.81. The molecule has 3 heteroatoms. The van der Waals surface area contributed by atoms with Crippen molar-refractivity contribution in [2.45, 2.75) is 77.2 Å². The van der Waals surface area contributed by atoms with Crippen LogP contribution < -0.4 is 4.74 Å². The Kier molecular flexibility index (Phi) is 4.39. The molecule has 3 rings (SSSR count). The van der Waals surface area contributed by atoms with E-state index in [1.807, 2.05) is 6.07 Å². The SMILES string of the molecule is CCCCCc1cc(O)c2c(c1)OC(C)(C)[C@H]1CCC(=O)CC21. The Hall–Kier alpha value is -1.51. The number of ether oxygens (including phenoxy) is 1. The maximum Gasteiger partial charge on any atom is 0.133 e. The van der Waals surface area contributed by atoms with E-state index in [9.17, 15) is 9.90 Å². The first-order valence-electron chi connectivity index (χ1n) is 8.99. The second-order valence-electron chi connectivity index (χ2n) is 7.68. The fourth-order valence-electron chi connectivity index (χ4n) is 4.35. The minimum atomic E-state index is -0.285. The van der Waals surface area contributed by atoms with Gasteiger partial charge < -0.3 is 9.84 Å². The highest BCUT2D eigenvalue weighted by Gasteiger charge is 2.47. The maximum absolute atomic E-state index is 12.0. The molecule has 0 radical (unpaired) electrons. The third kappa shape index (κ3) is 3.11. The lowest BCUT2D eigenvalue weighted by molar-refractivity contribution is -0.124. The van der Waals surface area contributed by atoms with Crippen LogP contribution in [0.25, 0.3) is 0 Å². The molecule has 0 bridgehead atoms.